The maximum absolute atomic E-state index is 12.5. The average Bonchev–Trinajstić information content (AvgIpc) is 2.67. The molecule has 3 N–H and O–H groups in total. The second-order valence-electron chi connectivity index (χ2n) is 3.97. The van der Waals surface area contributed by atoms with Crippen molar-refractivity contribution in [3.05, 3.63) is 18.0 Å². The topological polar surface area (TPSA) is 75.0 Å². The van der Waals surface area contributed by atoms with Gasteiger partial charge in [-0.3, -0.25) is 9.89 Å². The number of aromatic nitrogens is 2. The van der Waals surface area contributed by atoms with Crippen molar-refractivity contribution in [3.8, 4) is 0 Å². The second-order valence-corrected chi connectivity index (χ2v) is 3.97. The maximum Gasteiger partial charge on any atom is 0.415 e. The van der Waals surface area contributed by atoms with Gasteiger partial charge in [-0.25, -0.2) is 0 Å². The minimum absolute atomic E-state index is 0.0121. The number of aromatic amines is 1. The molecule has 0 saturated carbocycles. The van der Waals surface area contributed by atoms with E-state index in [0.717, 1.165) is 4.90 Å². The fourth-order valence-corrected chi connectivity index (χ4v) is 1.23. The molecule has 1 aromatic rings. The van der Waals surface area contributed by atoms with E-state index in [1.54, 1.807) is 0 Å². The molecule has 5 nitrogen and oxygen atoms in total. The molecule has 1 aromatic heterocycles. The molecule has 0 fully saturated rings. The molecule has 96 valence electrons. The number of rotatable bonds is 3. The van der Waals surface area contributed by atoms with Gasteiger partial charge >= 0.3 is 6.18 Å². The highest BCUT2D eigenvalue weighted by molar-refractivity contribution is 5.86. The summed E-state index contributed by atoms with van der Waals surface area (Å²) in [6.45, 7) is 0.666. The van der Waals surface area contributed by atoms with Gasteiger partial charge in [0.15, 0.2) is 5.54 Å². The van der Waals surface area contributed by atoms with Crippen LogP contribution in [0.3, 0.4) is 0 Å². The number of alkyl halides is 3. The van der Waals surface area contributed by atoms with Gasteiger partial charge in [0, 0.05) is 25.4 Å². The fraction of sp³-hybridized carbons (Fsp3) is 0.556. The van der Waals surface area contributed by atoms with E-state index in [0.29, 0.717) is 12.5 Å². The van der Waals surface area contributed by atoms with Crippen LogP contribution in [0.25, 0.3) is 0 Å². The third-order valence-corrected chi connectivity index (χ3v) is 2.35. The smallest absolute Gasteiger partial charge is 0.339 e. The van der Waals surface area contributed by atoms with E-state index < -0.39 is 17.6 Å². The monoisotopic (exact) mass is 250 g/mol. The van der Waals surface area contributed by atoms with Crippen molar-refractivity contribution in [2.75, 3.05) is 7.05 Å². The molecule has 1 amide bonds. The Labute approximate surface area is 95.8 Å². The van der Waals surface area contributed by atoms with Crippen LogP contribution in [0.1, 0.15) is 12.5 Å². The van der Waals surface area contributed by atoms with Gasteiger partial charge in [0.1, 0.15) is 0 Å². The fourth-order valence-electron chi connectivity index (χ4n) is 1.23. The van der Waals surface area contributed by atoms with Gasteiger partial charge < -0.3 is 10.6 Å². The highest BCUT2D eigenvalue weighted by Gasteiger charge is 2.54. The molecule has 1 atom stereocenters. The molecule has 0 saturated heterocycles. The number of H-pyrrole nitrogens is 1. The summed E-state index contributed by atoms with van der Waals surface area (Å²) in [5.41, 5.74) is 2.74. The van der Waals surface area contributed by atoms with Crippen LogP contribution >= 0.6 is 0 Å². The lowest BCUT2D eigenvalue weighted by Gasteiger charge is -2.30. The lowest BCUT2D eigenvalue weighted by atomic mass is 10.0. The molecule has 1 rings (SSSR count). The number of likely N-dealkylation sites (N-methyl/N-ethyl adjacent to an activating group) is 1. The Hall–Kier alpha value is -1.57. The standard InChI is InChI=1S/C9H13F3N4O/c1-8(13,9(10,11)12)7(17)16(2)5-6-3-14-15-4-6/h3-4H,5,13H2,1-2H3,(H,14,15). The van der Waals surface area contributed by atoms with Crippen LogP contribution in [-0.4, -0.2) is 39.8 Å². The van der Waals surface area contributed by atoms with Crippen molar-refractivity contribution in [1.82, 2.24) is 15.1 Å². The summed E-state index contributed by atoms with van der Waals surface area (Å²) in [6.07, 6.45) is -1.87. The molecule has 17 heavy (non-hydrogen) atoms. The number of amides is 1. The Morgan fingerprint density at radius 2 is 2.18 bits per heavy atom. The average molecular weight is 250 g/mol. The third kappa shape index (κ3) is 2.76. The SMILES string of the molecule is CN(Cc1cn[nH]c1)C(=O)C(C)(N)C(F)(F)F. The van der Waals surface area contributed by atoms with Crippen LogP contribution in [0.2, 0.25) is 0 Å². The minimum atomic E-state index is -4.78. The van der Waals surface area contributed by atoms with Gasteiger partial charge in [0.25, 0.3) is 5.91 Å². The first kappa shape index (κ1) is 13.5. The summed E-state index contributed by atoms with van der Waals surface area (Å²) in [6, 6.07) is 0. The summed E-state index contributed by atoms with van der Waals surface area (Å²) in [7, 11) is 1.26. The van der Waals surface area contributed by atoms with Crippen LogP contribution in [-0.2, 0) is 11.3 Å². The zero-order valence-corrected chi connectivity index (χ0v) is 9.38. The molecular formula is C9H13F3N4O. The highest BCUT2D eigenvalue weighted by atomic mass is 19.4. The molecule has 8 heteroatoms. The number of nitrogens with two attached hydrogens (primary N) is 1. The van der Waals surface area contributed by atoms with Crippen molar-refractivity contribution in [1.29, 1.82) is 0 Å². The van der Waals surface area contributed by atoms with E-state index in [-0.39, 0.29) is 6.54 Å². The van der Waals surface area contributed by atoms with Crippen LogP contribution in [0, 0.1) is 0 Å². The molecule has 0 bridgehead atoms. The van der Waals surface area contributed by atoms with E-state index >= 15 is 0 Å². The van der Waals surface area contributed by atoms with Gasteiger partial charge in [0.05, 0.1) is 6.20 Å². The van der Waals surface area contributed by atoms with E-state index in [9.17, 15) is 18.0 Å². The van der Waals surface area contributed by atoms with Crippen molar-refractivity contribution in [2.24, 2.45) is 5.73 Å². The molecule has 0 aliphatic heterocycles. The number of carbonyl (C=O) groups is 1. The second kappa shape index (κ2) is 4.36. The van der Waals surface area contributed by atoms with Crippen LogP contribution in [0.5, 0.6) is 0 Å². The molecule has 0 aliphatic carbocycles. The number of nitrogens with zero attached hydrogens (tertiary/aromatic N) is 2. The van der Waals surface area contributed by atoms with E-state index in [4.69, 9.17) is 5.73 Å². The van der Waals surface area contributed by atoms with Crippen molar-refractivity contribution < 1.29 is 18.0 Å². The summed E-state index contributed by atoms with van der Waals surface area (Å²) >= 11 is 0. The largest absolute Gasteiger partial charge is 0.415 e. The number of hydrogen-bond donors (Lipinski definition) is 2. The lowest BCUT2D eigenvalue weighted by Crippen LogP contribution is -2.61. The summed E-state index contributed by atoms with van der Waals surface area (Å²) < 4.78 is 37.6. The quantitative estimate of drug-likeness (QED) is 0.827. The first-order valence-corrected chi connectivity index (χ1v) is 4.75. The maximum atomic E-state index is 12.5. The Balaban J connectivity index is 2.76. The Morgan fingerprint density at radius 3 is 2.59 bits per heavy atom. The van der Waals surface area contributed by atoms with Gasteiger partial charge in [-0.2, -0.15) is 18.3 Å². The zero-order chi connectivity index (χ0) is 13.3. The first-order valence-electron chi connectivity index (χ1n) is 4.75. The third-order valence-electron chi connectivity index (χ3n) is 2.35. The molecule has 1 unspecified atom stereocenters. The Bertz CT molecular complexity index is 385. The zero-order valence-electron chi connectivity index (χ0n) is 9.38. The predicted octanol–water partition coefficient (Wildman–Crippen LogP) is 0.648. The van der Waals surface area contributed by atoms with Crippen molar-refractivity contribution in [3.63, 3.8) is 0 Å². The summed E-state index contributed by atoms with van der Waals surface area (Å²) in [5, 5.41) is 6.13. The molecule has 0 spiro atoms. The van der Waals surface area contributed by atoms with E-state index in [2.05, 4.69) is 10.2 Å². The summed E-state index contributed by atoms with van der Waals surface area (Å²) in [4.78, 5) is 12.5. The van der Waals surface area contributed by atoms with E-state index in [1.165, 1.54) is 19.4 Å². The molecule has 1 heterocycles. The van der Waals surface area contributed by atoms with Crippen molar-refractivity contribution >= 4 is 5.91 Å². The Kier molecular flexibility index (Phi) is 3.46. The predicted molar refractivity (Wildman–Crippen MR) is 53.7 cm³/mol. The first-order chi connectivity index (χ1) is 7.66. The minimum Gasteiger partial charge on any atom is -0.339 e. The van der Waals surface area contributed by atoms with Crippen LogP contribution < -0.4 is 5.73 Å². The van der Waals surface area contributed by atoms with Gasteiger partial charge in [-0.1, -0.05) is 0 Å². The van der Waals surface area contributed by atoms with Gasteiger partial charge in [0.2, 0.25) is 0 Å². The number of nitrogens with one attached hydrogen (secondary N) is 1. The number of hydrogen-bond acceptors (Lipinski definition) is 3. The highest BCUT2D eigenvalue weighted by Crippen LogP contribution is 2.29. The lowest BCUT2D eigenvalue weighted by molar-refractivity contribution is -0.193. The van der Waals surface area contributed by atoms with Gasteiger partial charge in [-0.15, -0.1) is 0 Å². The molecule has 0 radical (unpaired) electrons. The summed E-state index contributed by atoms with van der Waals surface area (Å²) in [5.74, 6) is -1.19. The molecule has 0 aliphatic rings. The Morgan fingerprint density at radius 1 is 1.59 bits per heavy atom. The van der Waals surface area contributed by atoms with Crippen LogP contribution in [0.15, 0.2) is 12.4 Å². The number of carbonyl (C=O) groups excluding carboxylic acids is 1. The van der Waals surface area contributed by atoms with Crippen molar-refractivity contribution in [2.45, 2.75) is 25.2 Å². The normalized spacial score (nSPS) is 15.4. The molecular weight excluding hydrogens is 237 g/mol. The molecule has 0 aromatic carbocycles. The number of halogens is 3. The van der Waals surface area contributed by atoms with Crippen LogP contribution in [0.4, 0.5) is 13.2 Å². The van der Waals surface area contributed by atoms with E-state index in [1.807, 2.05) is 0 Å². The van der Waals surface area contributed by atoms with Gasteiger partial charge in [-0.05, 0) is 6.92 Å².